The third kappa shape index (κ3) is 4.82. The van der Waals surface area contributed by atoms with Crippen LogP contribution in [-0.2, 0) is 6.54 Å². The zero-order valence-corrected chi connectivity index (χ0v) is 18.9. The van der Waals surface area contributed by atoms with Crippen LogP contribution in [-0.4, -0.2) is 33.9 Å². The number of benzene rings is 3. The van der Waals surface area contributed by atoms with Gasteiger partial charge in [0.15, 0.2) is 0 Å². The highest BCUT2D eigenvalue weighted by atomic mass is 16.5. The summed E-state index contributed by atoms with van der Waals surface area (Å²) in [7, 11) is 0. The Kier molecular flexibility index (Phi) is 6.05. The lowest BCUT2D eigenvalue weighted by Gasteiger charge is -2.19. The molecule has 0 unspecified atom stereocenters. The van der Waals surface area contributed by atoms with Crippen LogP contribution in [0.15, 0.2) is 85.2 Å². The average Bonchev–Trinajstić information content (AvgIpc) is 3.03. The number of aryl methyl sites for hydroxylation is 1. The van der Waals surface area contributed by atoms with Gasteiger partial charge in [-0.1, -0.05) is 47.7 Å². The van der Waals surface area contributed by atoms with Gasteiger partial charge in [-0.2, -0.15) is 0 Å². The second kappa shape index (κ2) is 9.60. The number of amides is 1. The first-order valence-electron chi connectivity index (χ1n) is 11.2. The Morgan fingerprint density at radius 1 is 0.882 bits per heavy atom. The molecule has 34 heavy (non-hydrogen) atoms. The van der Waals surface area contributed by atoms with Gasteiger partial charge in [0, 0.05) is 23.5 Å². The van der Waals surface area contributed by atoms with Crippen molar-refractivity contribution >= 4 is 5.91 Å². The van der Waals surface area contributed by atoms with Crippen LogP contribution < -0.4 is 4.74 Å². The third-order valence-corrected chi connectivity index (χ3v) is 5.69. The Balaban J connectivity index is 1.37. The molecule has 1 aromatic heterocycles. The Morgan fingerprint density at radius 3 is 2.24 bits per heavy atom. The van der Waals surface area contributed by atoms with E-state index in [4.69, 9.17) is 4.74 Å². The highest BCUT2D eigenvalue weighted by molar-refractivity contribution is 5.98. The van der Waals surface area contributed by atoms with Crippen molar-refractivity contribution in [2.75, 3.05) is 13.2 Å². The molecule has 5 heteroatoms. The second-order valence-corrected chi connectivity index (χ2v) is 8.14. The first kappa shape index (κ1) is 21.4. The van der Waals surface area contributed by atoms with Gasteiger partial charge in [0.2, 0.25) is 0 Å². The third-order valence-electron chi connectivity index (χ3n) is 5.69. The minimum Gasteiger partial charge on any atom is -0.491 e. The van der Waals surface area contributed by atoms with Crippen LogP contribution >= 0.6 is 0 Å². The summed E-state index contributed by atoms with van der Waals surface area (Å²) in [6.07, 6.45) is 3.37. The van der Waals surface area contributed by atoms with E-state index in [1.54, 1.807) is 23.4 Å². The number of rotatable bonds is 3. The first-order valence-corrected chi connectivity index (χ1v) is 11.2. The van der Waals surface area contributed by atoms with Gasteiger partial charge < -0.3 is 9.64 Å². The fourth-order valence-electron chi connectivity index (χ4n) is 3.80. The van der Waals surface area contributed by atoms with Crippen molar-refractivity contribution in [3.8, 4) is 28.7 Å². The molecule has 0 saturated carbocycles. The van der Waals surface area contributed by atoms with Gasteiger partial charge in [0.1, 0.15) is 18.2 Å². The molecule has 4 aromatic rings. The molecule has 0 N–H and O–H groups in total. The molecule has 5 rings (SSSR count). The molecule has 0 saturated heterocycles. The van der Waals surface area contributed by atoms with E-state index in [9.17, 15) is 4.79 Å². The van der Waals surface area contributed by atoms with E-state index in [2.05, 4.69) is 40.9 Å². The van der Waals surface area contributed by atoms with Crippen molar-refractivity contribution < 1.29 is 9.53 Å². The van der Waals surface area contributed by atoms with Crippen LogP contribution in [0.2, 0.25) is 0 Å². The van der Waals surface area contributed by atoms with Gasteiger partial charge >= 0.3 is 0 Å². The first-order chi connectivity index (χ1) is 16.7. The van der Waals surface area contributed by atoms with Crippen LogP contribution in [0.4, 0.5) is 0 Å². The van der Waals surface area contributed by atoms with E-state index in [0.29, 0.717) is 36.8 Å². The summed E-state index contributed by atoms with van der Waals surface area (Å²) in [5.74, 6) is 7.54. The number of aromatic nitrogens is 2. The number of carbonyl (C=O) groups excluding carboxylic acids is 1. The maximum atomic E-state index is 13.3. The highest BCUT2D eigenvalue weighted by Gasteiger charge is 2.24. The van der Waals surface area contributed by atoms with E-state index in [-0.39, 0.29) is 5.91 Å². The predicted molar refractivity (Wildman–Crippen MR) is 131 cm³/mol. The van der Waals surface area contributed by atoms with Crippen LogP contribution in [0.3, 0.4) is 0 Å². The molecule has 0 radical (unpaired) electrons. The largest absolute Gasteiger partial charge is 0.491 e. The van der Waals surface area contributed by atoms with Gasteiger partial charge in [-0.25, -0.2) is 9.97 Å². The number of carbonyl (C=O) groups is 1. The molecular formula is C29H23N3O2. The van der Waals surface area contributed by atoms with Crippen molar-refractivity contribution in [1.29, 1.82) is 0 Å². The van der Waals surface area contributed by atoms with Crippen molar-refractivity contribution in [1.82, 2.24) is 14.9 Å². The van der Waals surface area contributed by atoms with Crippen LogP contribution in [0, 0.1) is 18.8 Å². The molecule has 0 aliphatic carbocycles. The molecule has 0 bridgehead atoms. The van der Waals surface area contributed by atoms with Crippen molar-refractivity contribution in [2.45, 2.75) is 13.5 Å². The number of ether oxygens (including phenoxy) is 1. The zero-order valence-electron chi connectivity index (χ0n) is 18.9. The fraction of sp³-hybridized carbons (Fsp3) is 0.138. The number of hydrogen-bond donors (Lipinski definition) is 0. The summed E-state index contributed by atoms with van der Waals surface area (Å²) in [6.45, 7) is 3.32. The van der Waals surface area contributed by atoms with Gasteiger partial charge in [0.05, 0.1) is 18.7 Å². The maximum absolute atomic E-state index is 13.3. The number of fused-ring (bicyclic) bond motifs is 1. The van der Waals surface area contributed by atoms with Gasteiger partial charge in [-0.15, -0.1) is 0 Å². The lowest BCUT2D eigenvalue weighted by molar-refractivity contribution is 0.0738. The molecule has 5 nitrogen and oxygen atoms in total. The van der Waals surface area contributed by atoms with Crippen molar-refractivity contribution in [3.63, 3.8) is 0 Å². The summed E-state index contributed by atoms with van der Waals surface area (Å²) < 4.78 is 5.86. The van der Waals surface area contributed by atoms with Crippen LogP contribution in [0.1, 0.15) is 32.9 Å². The molecule has 1 amide bonds. The minimum atomic E-state index is -0.0811. The average molecular weight is 446 g/mol. The number of nitrogens with zero attached hydrogens (tertiary/aromatic N) is 3. The quantitative estimate of drug-likeness (QED) is 0.422. The summed E-state index contributed by atoms with van der Waals surface area (Å²) in [6, 6.07) is 23.7. The van der Waals surface area contributed by atoms with E-state index < -0.39 is 0 Å². The standard InChI is InChI=1S/C29H23N3O2/c1-21-3-5-22(6-4-21)7-8-23-9-11-24(12-10-23)25-13-14-27-26(19-25)29(33)32(17-18-34-27)20-28-30-15-2-16-31-28/h2-6,9-16,19H,17-18,20H2,1H3. The normalized spacial score (nSPS) is 12.7. The molecule has 1 aliphatic heterocycles. The van der Waals surface area contributed by atoms with Crippen LogP contribution in [0.5, 0.6) is 5.75 Å². The molecule has 166 valence electrons. The smallest absolute Gasteiger partial charge is 0.258 e. The predicted octanol–water partition coefficient (Wildman–Crippen LogP) is 4.89. The Labute approximate surface area is 199 Å². The van der Waals surface area contributed by atoms with E-state index in [1.165, 1.54) is 5.56 Å². The van der Waals surface area contributed by atoms with E-state index in [1.807, 2.05) is 54.6 Å². The van der Waals surface area contributed by atoms with Gasteiger partial charge in [-0.3, -0.25) is 4.79 Å². The molecule has 0 atom stereocenters. The monoisotopic (exact) mass is 445 g/mol. The van der Waals surface area contributed by atoms with E-state index >= 15 is 0 Å². The maximum Gasteiger partial charge on any atom is 0.258 e. The lowest BCUT2D eigenvalue weighted by Crippen LogP contribution is -2.32. The fourth-order valence-corrected chi connectivity index (χ4v) is 3.80. The molecular weight excluding hydrogens is 422 g/mol. The van der Waals surface area contributed by atoms with Gasteiger partial charge in [0.25, 0.3) is 5.91 Å². The Morgan fingerprint density at radius 2 is 1.53 bits per heavy atom. The highest BCUT2D eigenvalue weighted by Crippen LogP contribution is 2.30. The molecule has 0 fully saturated rings. The van der Waals surface area contributed by atoms with Crippen molar-refractivity contribution in [3.05, 3.63) is 113 Å². The van der Waals surface area contributed by atoms with Gasteiger partial charge in [-0.05, 0) is 60.5 Å². The lowest BCUT2D eigenvalue weighted by atomic mass is 10.0. The molecule has 2 heterocycles. The molecule has 3 aromatic carbocycles. The molecule has 0 spiro atoms. The second-order valence-electron chi connectivity index (χ2n) is 8.14. The Bertz CT molecular complexity index is 1370. The summed E-state index contributed by atoms with van der Waals surface area (Å²) in [5, 5.41) is 0. The summed E-state index contributed by atoms with van der Waals surface area (Å²) in [4.78, 5) is 23.5. The topological polar surface area (TPSA) is 55.3 Å². The zero-order chi connectivity index (χ0) is 23.3. The number of hydrogen-bond acceptors (Lipinski definition) is 4. The van der Waals surface area contributed by atoms with Crippen LogP contribution in [0.25, 0.3) is 11.1 Å². The van der Waals surface area contributed by atoms with E-state index in [0.717, 1.165) is 22.3 Å². The summed E-state index contributed by atoms with van der Waals surface area (Å²) >= 11 is 0. The van der Waals surface area contributed by atoms with Crippen molar-refractivity contribution in [2.24, 2.45) is 0 Å². The SMILES string of the molecule is Cc1ccc(C#Cc2ccc(-c3ccc4c(c3)C(=O)N(Cc3ncccn3)CCO4)cc2)cc1. The molecule has 1 aliphatic rings. The Hall–Kier alpha value is -4.43. The minimum absolute atomic E-state index is 0.0811. The summed E-state index contributed by atoms with van der Waals surface area (Å²) in [5.41, 5.74) is 5.66.